The summed E-state index contributed by atoms with van der Waals surface area (Å²) in [7, 11) is 0. The van der Waals surface area contributed by atoms with E-state index in [1.54, 1.807) is 0 Å². The fourth-order valence-corrected chi connectivity index (χ4v) is 1.48. The van der Waals surface area contributed by atoms with E-state index in [4.69, 9.17) is 15.9 Å². The lowest BCUT2D eigenvalue weighted by molar-refractivity contribution is 0.379. The second-order valence-electron chi connectivity index (χ2n) is 3.29. The van der Waals surface area contributed by atoms with Crippen molar-refractivity contribution in [2.24, 2.45) is 5.73 Å². The Morgan fingerprint density at radius 2 is 1.87 bits per heavy atom. The van der Waals surface area contributed by atoms with Crippen molar-refractivity contribution >= 4 is 16.6 Å². The van der Waals surface area contributed by atoms with Gasteiger partial charge in [0.25, 0.3) is 0 Å². The predicted molar refractivity (Wildman–Crippen MR) is 61.4 cm³/mol. The van der Waals surface area contributed by atoms with Crippen molar-refractivity contribution in [3.05, 3.63) is 42.5 Å². The molecule has 0 unspecified atom stereocenters. The number of rotatable bonds is 3. The summed E-state index contributed by atoms with van der Waals surface area (Å²) in [5, 5.41) is 9.27. The van der Waals surface area contributed by atoms with Crippen LogP contribution in [-0.4, -0.2) is 12.4 Å². The summed E-state index contributed by atoms with van der Waals surface area (Å²) in [6, 6.07) is 13.8. The van der Waals surface area contributed by atoms with Gasteiger partial charge in [-0.2, -0.15) is 0 Å². The molecule has 0 aliphatic rings. The molecule has 0 aliphatic carbocycles. The SMILES string of the molecule is N=C(N)COc1cccc2ccccc12. The van der Waals surface area contributed by atoms with E-state index < -0.39 is 0 Å². The van der Waals surface area contributed by atoms with Gasteiger partial charge in [0, 0.05) is 5.39 Å². The van der Waals surface area contributed by atoms with Crippen LogP contribution in [0.2, 0.25) is 0 Å². The third-order valence-electron chi connectivity index (χ3n) is 2.13. The highest BCUT2D eigenvalue weighted by molar-refractivity contribution is 5.88. The van der Waals surface area contributed by atoms with E-state index in [1.165, 1.54) is 0 Å². The fraction of sp³-hybridized carbons (Fsp3) is 0.0833. The van der Waals surface area contributed by atoms with E-state index in [2.05, 4.69) is 0 Å². The van der Waals surface area contributed by atoms with Crippen LogP contribution in [-0.2, 0) is 0 Å². The molecule has 3 N–H and O–H groups in total. The van der Waals surface area contributed by atoms with Crippen LogP contribution in [0.4, 0.5) is 0 Å². The molecule has 3 nitrogen and oxygen atoms in total. The second-order valence-corrected chi connectivity index (χ2v) is 3.29. The molecule has 0 heterocycles. The lowest BCUT2D eigenvalue weighted by Crippen LogP contribution is -2.19. The molecule has 0 saturated heterocycles. The van der Waals surface area contributed by atoms with Gasteiger partial charge in [0.05, 0.1) is 0 Å². The van der Waals surface area contributed by atoms with Gasteiger partial charge in [0.15, 0.2) is 0 Å². The number of ether oxygens (including phenoxy) is 1. The smallest absolute Gasteiger partial charge is 0.145 e. The number of nitrogens with one attached hydrogen (secondary N) is 1. The lowest BCUT2D eigenvalue weighted by atomic mass is 10.1. The van der Waals surface area contributed by atoms with Crippen LogP contribution in [0.3, 0.4) is 0 Å². The minimum absolute atomic E-state index is 0.0305. The van der Waals surface area contributed by atoms with Crippen molar-refractivity contribution < 1.29 is 4.74 Å². The third kappa shape index (κ3) is 2.07. The van der Waals surface area contributed by atoms with Gasteiger partial charge in [-0.1, -0.05) is 36.4 Å². The highest BCUT2D eigenvalue weighted by atomic mass is 16.5. The van der Waals surface area contributed by atoms with E-state index in [0.717, 1.165) is 16.5 Å². The summed E-state index contributed by atoms with van der Waals surface area (Å²) in [5.41, 5.74) is 5.24. The van der Waals surface area contributed by atoms with E-state index in [0.29, 0.717) is 0 Å². The Morgan fingerprint density at radius 3 is 2.67 bits per heavy atom. The molecular weight excluding hydrogens is 188 g/mol. The van der Waals surface area contributed by atoms with Gasteiger partial charge in [0.2, 0.25) is 0 Å². The molecule has 0 amide bonds. The van der Waals surface area contributed by atoms with Crippen LogP contribution in [0.5, 0.6) is 5.75 Å². The molecule has 76 valence electrons. The minimum Gasteiger partial charge on any atom is -0.485 e. The zero-order valence-electron chi connectivity index (χ0n) is 8.23. The van der Waals surface area contributed by atoms with Crippen molar-refractivity contribution in [3.63, 3.8) is 0 Å². The molecule has 2 aromatic rings. The molecule has 0 atom stereocenters. The van der Waals surface area contributed by atoms with E-state index in [9.17, 15) is 0 Å². The first-order valence-corrected chi connectivity index (χ1v) is 4.71. The first-order valence-electron chi connectivity index (χ1n) is 4.71. The maximum absolute atomic E-state index is 7.10. The van der Waals surface area contributed by atoms with E-state index in [1.807, 2.05) is 42.5 Å². The summed E-state index contributed by atoms with van der Waals surface area (Å²) in [6.07, 6.45) is 0. The monoisotopic (exact) mass is 200 g/mol. The van der Waals surface area contributed by atoms with Gasteiger partial charge >= 0.3 is 0 Å². The molecule has 15 heavy (non-hydrogen) atoms. The fourth-order valence-electron chi connectivity index (χ4n) is 1.48. The number of hydrogen-bond donors (Lipinski definition) is 2. The largest absolute Gasteiger partial charge is 0.485 e. The second kappa shape index (κ2) is 4.00. The summed E-state index contributed by atoms with van der Waals surface area (Å²) in [6.45, 7) is 0.133. The predicted octanol–water partition coefficient (Wildman–Crippen LogP) is 2.15. The van der Waals surface area contributed by atoms with Gasteiger partial charge in [0.1, 0.15) is 18.2 Å². The Bertz CT molecular complexity index is 488. The standard InChI is InChI=1S/C12H12N2O/c13-12(14)8-15-11-7-3-5-9-4-1-2-6-10(9)11/h1-7H,8H2,(H3,13,14). The lowest BCUT2D eigenvalue weighted by Gasteiger charge is -2.07. The van der Waals surface area contributed by atoms with Crippen molar-refractivity contribution in [2.75, 3.05) is 6.61 Å². The minimum atomic E-state index is 0.0305. The van der Waals surface area contributed by atoms with E-state index >= 15 is 0 Å². The summed E-state index contributed by atoms with van der Waals surface area (Å²) in [5.74, 6) is 0.797. The number of hydrogen-bond acceptors (Lipinski definition) is 2. The van der Waals surface area contributed by atoms with Crippen molar-refractivity contribution in [1.29, 1.82) is 5.41 Å². The van der Waals surface area contributed by atoms with Gasteiger partial charge in [-0.25, -0.2) is 0 Å². The number of benzene rings is 2. The average Bonchev–Trinajstić information content (AvgIpc) is 2.26. The quantitative estimate of drug-likeness (QED) is 0.589. The highest BCUT2D eigenvalue weighted by Gasteiger charge is 2.00. The third-order valence-corrected chi connectivity index (χ3v) is 2.13. The van der Waals surface area contributed by atoms with Crippen LogP contribution >= 0.6 is 0 Å². The first kappa shape index (κ1) is 9.52. The molecule has 0 saturated carbocycles. The van der Waals surface area contributed by atoms with Crippen LogP contribution in [0.1, 0.15) is 0 Å². The Kier molecular flexibility index (Phi) is 2.54. The van der Waals surface area contributed by atoms with Gasteiger partial charge < -0.3 is 10.5 Å². The van der Waals surface area contributed by atoms with Gasteiger partial charge in [-0.15, -0.1) is 0 Å². The molecule has 0 fully saturated rings. The molecule has 2 rings (SSSR count). The number of fused-ring (bicyclic) bond motifs is 1. The highest BCUT2D eigenvalue weighted by Crippen LogP contribution is 2.24. The maximum Gasteiger partial charge on any atom is 0.145 e. The molecule has 0 bridgehead atoms. The first-order chi connectivity index (χ1) is 7.27. The molecule has 0 aliphatic heterocycles. The molecule has 0 spiro atoms. The normalized spacial score (nSPS) is 10.1. The van der Waals surface area contributed by atoms with Crippen LogP contribution in [0.25, 0.3) is 10.8 Å². The van der Waals surface area contributed by atoms with Gasteiger partial charge in [-0.3, -0.25) is 5.41 Å². The number of nitrogens with two attached hydrogens (primary N) is 1. The summed E-state index contributed by atoms with van der Waals surface area (Å²) >= 11 is 0. The van der Waals surface area contributed by atoms with Crippen molar-refractivity contribution in [1.82, 2.24) is 0 Å². The summed E-state index contributed by atoms with van der Waals surface area (Å²) < 4.78 is 5.43. The molecule has 0 radical (unpaired) electrons. The average molecular weight is 200 g/mol. The maximum atomic E-state index is 7.10. The van der Waals surface area contributed by atoms with Crippen LogP contribution < -0.4 is 10.5 Å². The van der Waals surface area contributed by atoms with Crippen molar-refractivity contribution in [2.45, 2.75) is 0 Å². The topological polar surface area (TPSA) is 59.1 Å². The zero-order valence-corrected chi connectivity index (χ0v) is 8.23. The Morgan fingerprint density at radius 1 is 1.13 bits per heavy atom. The van der Waals surface area contributed by atoms with Crippen LogP contribution in [0, 0.1) is 5.41 Å². The Labute approximate surface area is 88.0 Å². The Balaban J connectivity index is 2.38. The zero-order chi connectivity index (χ0) is 10.7. The van der Waals surface area contributed by atoms with E-state index in [-0.39, 0.29) is 12.4 Å². The molecule has 3 heteroatoms. The number of amidine groups is 1. The molecule has 0 aromatic heterocycles. The van der Waals surface area contributed by atoms with Crippen molar-refractivity contribution in [3.8, 4) is 5.75 Å². The molecule has 2 aromatic carbocycles. The van der Waals surface area contributed by atoms with Gasteiger partial charge in [-0.05, 0) is 11.5 Å². The summed E-state index contributed by atoms with van der Waals surface area (Å²) in [4.78, 5) is 0. The van der Waals surface area contributed by atoms with Crippen LogP contribution in [0.15, 0.2) is 42.5 Å². The Hall–Kier alpha value is -2.03. The molecular formula is C12H12N2O.